The van der Waals surface area contributed by atoms with E-state index in [1.54, 1.807) is 0 Å². The van der Waals surface area contributed by atoms with Crippen molar-refractivity contribution in [3.05, 3.63) is 0 Å². The van der Waals surface area contributed by atoms with Gasteiger partial charge in [-0.05, 0) is 26.7 Å². The van der Waals surface area contributed by atoms with E-state index in [1.165, 1.54) is 0 Å². The molecular weight excluding hydrogens is 232 g/mol. The lowest BCUT2D eigenvalue weighted by atomic mass is 10.2. The van der Waals surface area contributed by atoms with E-state index in [1.807, 2.05) is 32.7 Å². The molecule has 0 aromatic heterocycles. The number of hydrogen-bond donors (Lipinski definition) is 0. The molecule has 0 fully saturated rings. The highest BCUT2D eigenvalue weighted by Gasteiger charge is 2.10. The Kier molecular flexibility index (Phi) is 9.50. The van der Waals surface area contributed by atoms with Crippen LogP contribution in [0.5, 0.6) is 0 Å². The van der Waals surface area contributed by atoms with Crippen LogP contribution >= 0.6 is 0 Å². The quantitative estimate of drug-likeness (QED) is 0.542. The van der Waals surface area contributed by atoms with Crippen molar-refractivity contribution in [3.63, 3.8) is 0 Å². The number of hydrogen-bond acceptors (Lipinski definition) is 5. The zero-order chi connectivity index (χ0) is 14.0. The number of rotatable bonds is 10. The fraction of sp³-hybridized carbons (Fsp3) is 0.846. The Hall–Kier alpha value is -0.940. The van der Waals surface area contributed by atoms with Gasteiger partial charge in [-0.25, -0.2) is 0 Å². The molecule has 106 valence electrons. The maximum atomic E-state index is 11.6. The zero-order valence-corrected chi connectivity index (χ0v) is 12.1. The SMILES string of the molecule is CCN(C)CC(=O)OCCC(=O)CN(CC)CC. The molecule has 0 spiro atoms. The van der Waals surface area contributed by atoms with Gasteiger partial charge in [0, 0.05) is 6.42 Å². The van der Waals surface area contributed by atoms with E-state index in [0.717, 1.165) is 19.6 Å². The highest BCUT2D eigenvalue weighted by molar-refractivity contribution is 5.81. The van der Waals surface area contributed by atoms with Gasteiger partial charge in [0.15, 0.2) is 0 Å². The predicted octanol–water partition coefficient (Wildman–Crippen LogP) is 0.782. The van der Waals surface area contributed by atoms with Gasteiger partial charge in [0.1, 0.15) is 5.78 Å². The Labute approximate surface area is 110 Å². The number of nitrogens with zero attached hydrogens (tertiary/aromatic N) is 2. The number of carbonyl (C=O) groups excluding carboxylic acids is 2. The smallest absolute Gasteiger partial charge is 0.320 e. The molecule has 18 heavy (non-hydrogen) atoms. The van der Waals surface area contributed by atoms with Gasteiger partial charge in [-0.3, -0.25) is 19.4 Å². The Balaban J connectivity index is 3.70. The summed E-state index contributed by atoms with van der Waals surface area (Å²) in [5, 5.41) is 0. The minimum Gasteiger partial charge on any atom is -0.464 e. The molecule has 0 heterocycles. The summed E-state index contributed by atoms with van der Waals surface area (Å²) < 4.78 is 5.01. The Bertz CT molecular complexity index is 253. The Morgan fingerprint density at radius 1 is 1.00 bits per heavy atom. The van der Waals surface area contributed by atoms with Crippen molar-refractivity contribution >= 4 is 11.8 Å². The summed E-state index contributed by atoms with van der Waals surface area (Å²) >= 11 is 0. The maximum Gasteiger partial charge on any atom is 0.320 e. The molecule has 0 N–H and O–H groups in total. The van der Waals surface area contributed by atoms with E-state index < -0.39 is 0 Å². The van der Waals surface area contributed by atoms with Gasteiger partial charge in [-0.1, -0.05) is 20.8 Å². The van der Waals surface area contributed by atoms with Gasteiger partial charge >= 0.3 is 5.97 Å². The van der Waals surface area contributed by atoms with Crippen LogP contribution in [0.3, 0.4) is 0 Å². The van der Waals surface area contributed by atoms with Crippen LogP contribution in [0.1, 0.15) is 27.2 Å². The van der Waals surface area contributed by atoms with Gasteiger partial charge < -0.3 is 4.74 Å². The summed E-state index contributed by atoms with van der Waals surface area (Å²) in [4.78, 5) is 26.8. The van der Waals surface area contributed by atoms with Gasteiger partial charge in [0.2, 0.25) is 0 Å². The van der Waals surface area contributed by atoms with E-state index in [0.29, 0.717) is 13.0 Å². The molecule has 0 aromatic carbocycles. The highest BCUT2D eigenvalue weighted by Crippen LogP contribution is 1.93. The first-order valence-corrected chi connectivity index (χ1v) is 6.61. The first-order chi connectivity index (χ1) is 8.53. The predicted molar refractivity (Wildman–Crippen MR) is 71.5 cm³/mol. The van der Waals surface area contributed by atoms with Gasteiger partial charge in [0.05, 0.1) is 19.7 Å². The minimum atomic E-state index is -0.269. The van der Waals surface area contributed by atoms with Crippen molar-refractivity contribution < 1.29 is 14.3 Å². The molecule has 0 bridgehead atoms. The third-order valence-corrected chi connectivity index (χ3v) is 2.88. The average molecular weight is 258 g/mol. The van der Waals surface area contributed by atoms with Crippen LogP contribution in [0, 0.1) is 0 Å². The molecule has 0 aliphatic carbocycles. The fourth-order valence-electron chi connectivity index (χ4n) is 1.43. The van der Waals surface area contributed by atoms with E-state index in [9.17, 15) is 9.59 Å². The number of carbonyl (C=O) groups is 2. The Morgan fingerprint density at radius 2 is 1.61 bits per heavy atom. The number of Topliss-reactive ketones (excluding diaryl/α,β-unsaturated/α-hetero) is 1. The van der Waals surface area contributed by atoms with Crippen LogP contribution in [-0.2, 0) is 14.3 Å². The first-order valence-electron chi connectivity index (χ1n) is 6.61. The molecule has 0 radical (unpaired) electrons. The second kappa shape index (κ2) is 10.0. The Morgan fingerprint density at radius 3 is 2.11 bits per heavy atom. The van der Waals surface area contributed by atoms with Crippen LogP contribution in [0.15, 0.2) is 0 Å². The molecular formula is C13H26N2O3. The zero-order valence-electron chi connectivity index (χ0n) is 12.1. The normalized spacial score (nSPS) is 11.0. The second-order valence-electron chi connectivity index (χ2n) is 4.30. The molecule has 0 saturated carbocycles. The van der Waals surface area contributed by atoms with Crippen LogP contribution in [0.4, 0.5) is 0 Å². The lowest BCUT2D eigenvalue weighted by Crippen LogP contribution is -2.31. The van der Waals surface area contributed by atoms with Crippen molar-refractivity contribution in [1.82, 2.24) is 9.80 Å². The number of esters is 1. The van der Waals surface area contributed by atoms with Crippen molar-refractivity contribution in [2.75, 3.05) is 46.4 Å². The number of likely N-dealkylation sites (N-methyl/N-ethyl adjacent to an activating group) is 2. The third-order valence-electron chi connectivity index (χ3n) is 2.88. The molecule has 0 atom stereocenters. The summed E-state index contributed by atoms with van der Waals surface area (Å²) in [6, 6.07) is 0. The van der Waals surface area contributed by atoms with Crippen molar-refractivity contribution in [1.29, 1.82) is 0 Å². The molecule has 5 nitrogen and oxygen atoms in total. The molecule has 0 aliphatic heterocycles. The van der Waals surface area contributed by atoms with E-state index in [-0.39, 0.29) is 24.9 Å². The fourth-order valence-corrected chi connectivity index (χ4v) is 1.43. The lowest BCUT2D eigenvalue weighted by molar-refractivity contribution is -0.145. The number of ketones is 1. The largest absolute Gasteiger partial charge is 0.464 e. The van der Waals surface area contributed by atoms with Gasteiger partial charge in [-0.15, -0.1) is 0 Å². The number of ether oxygens (including phenoxy) is 1. The van der Waals surface area contributed by atoms with Crippen molar-refractivity contribution in [2.24, 2.45) is 0 Å². The summed E-state index contributed by atoms with van der Waals surface area (Å²) in [5.41, 5.74) is 0. The summed E-state index contributed by atoms with van der Waals surface area (Å²) in [6.07, 6.45) is 0.304. The van der Waals surface area contributed by atoms with Crippen LogP contribution in [-0.4, -0.2) is 67.9 Å². The standard InChI is InChI=1S/C13H26N2O3/c1-5-14(4)11-13(17)18-9-8-12(16)10-15(6-2)7-3/h5-11H2,1-4H3. The van der Waals surface area contributed by atoms with Crippen molar-refractivity contribution in [3.8, 4) is 0 Å². The van der Waals surface area contributed by atoms with Crippen LogP contribution in [0.25, 0.3) is 0 Å². The first kappa shape index (κ1) is 17.1. The summed E-state index contributed by atoms with van der Waals surface area (Å²) in [7, 11) is 1.85. The minimum absolute atomic E-state index is 0.121. The average Bonchev–Trinajstić information content (AvgIpc) is 2.35. The third kappa shape index (κ3) is 8.20. The summed E-state index contributed by atoms with van der Waals surface area (Å²) in [6.45, 7) is 9.47. The van der Waals surface area contributed by atoms with Gasteiger partial charge in [0.25, 0.3) is 0 Å². The highest BCUT2D eigenvalue weighted by atomic mass is 16.5. The molecule has 5 heteroatoms. The van der Waals surface area contributed by atoms with E-state index in [2.05, 4.69) is 4.90 Å². The molecule has 0 rings (SSSR count). The van der Waals surface area contributed by atoms with E-state index >= 15 is 0 Å². The summed E-state index contributed by atoms with van der Waals surface area (Å²) in [5.74, 6) is -0.148. The molecule has 0 saturated heterocycles. The topological polar surface area (TPSA) is 49.9 Å². The van der Waals surface area contributed by atoms with Gasteiger partial charge in [-0.2, -0.15) is 0 Å². The second-order valence-corrected chi connectivity index (χ2v) is 4.30. The van der Waals surface area contributed by atoms with Crippen molar-refractivity contribution in [2.45, 2.75) is 27.2 Å². The molecule has 0 aliphatic rings. The monoisotopic (exact) mass is 258 g/mol. The maximum absolute atomic E-state index is 11.6. The molecule has 0 amide bonds. The lowest BCUT2D eigenvalue weighted by Gasteiger charge is -2.17. The van der Waals surface area contributed by atoms with E-state index in [4.69, 9.17) is 4.74 Å². The molecule has 0 aromatic rings. The van der Waals surface area contributed by atoms with Crippen LogP contribution < -0.4 is 0 Å². The molecule has 0 unspecified atom stereocenters. The van der Waals surface area contributed by atoms with Crippen LogP contribution in [0.2, 0.25) is 0 Å².